The molecule has 0 radical (unpaired) electrons. The molecule has 1 aliphatic carbocycles. The Morgan fingerprint density at radius 3 is 2.52 bits per heavy atom. The molecule has 1 aliphatic rings. The molecule has 1 aromatic carbocycles. The highest BCUT2D eigenvalue weighted by molar-refractivity contribution is 7.07. The van der Waals surface area contributed by atoms with E-state index in [4.69, 9.17) is 4.99 Å². The van der Waals surface area contributed by atoms with Crippen LogP contribution in [-0.2, 0) is 18.3 Å². The monoisotopic (exact) mass is 407 g/mol. The lowest BCUT2D eigenvalue weighted by Crippen LogP contribution is -2.22. The van der Waals surface area contributed by atoms with E-state index in [9.17, 15) is 4.79 Å². The van der Waals surface area contributed by atoms with Gasteiger partial charge in [0.15, 0.2) is 4.80 Å². The number of nitrogens with one attached hydrogen (secondary N) is 1. The molecule has 1 fully saturated rings. The summed E-state index contributed by atoms with van der Waals surface area (Å²) in [5, 5.41) is 5.05. The topological polar surface area (TPSA) is 46.4 Å². The van der Waals surface area contributed by atoms with E-state index in [0.29, 0.717) is 18.4 Å². The van der Waals surface area contributed by atoms with Crippen LogP contribution in [0.15, 0.2) is 34.6 Å². The maximum absolute atomic E-state index is 12.4. The van der Waals surface area contributed by atoms with Crippen LogP contribution in [0.25, 0.3) is 0 Å². The largest absolute Gasteiger partial charge is 0.326 e. The lowest BCUT2D eigenvalue weighted by molar-refractivity contribution is -0.115. The highest BCUT2D eigenvalue weighted by Gasteiger charge is 2.13. The van der Waals surface area contributed by atoms with Gasteiger partial charge in [-0.3, -0.25) is 9.79 Å². The number of anilines is 1. The molecule has 27 heavy (non-hydrogen) atoms. The van der Waals surface area contributed by atoms with Gasteiger partial charge in [0.25, 0.3) is 0 Å². The molecule has 148 valence electrons. The van der Waals surface area contributed by atoms with Crippen molar-refractivity contribution in [3.05, 3.63) is 45.7 Å². The lowest BCUT2D eigenvalue weighted by atomic mass is 9.96. The molecule has 0 atom stereocenters. The smallest absolute Gasteiger partial charge is 0.230 e. The summed E-state index contributed by atoms with van der Waals surface area (Å²) in [6.45, 7) is 4.33. The van der Waals surface area contributed by atoms with Gasteiger partial charge in [0, 0.05) is 23.8 Å². The van der Waals surface area contributed by atoms with Gasteiger partial charge in [-0.2, -0.15) is 0 Å². The highest BCUT2D eigenvalue weighted by Crippen LogP contribution is 2.20. The summed E-state index contributed by atoms with van der Waals surface area (Å²) in [5.74, 6) is 0.510. The second kappa shape index (κ2) is 10.1. The van der Waals surface area contributed by atoms with Crippen molar-refractivity contribution in [1.29, 1.82) is 0 Å². The number of nitrogens with zero attached hydrogens (tertiary/aromatic N) is 2. The summed E-state index contributed by atoms with van der Waals surface area (Å²) in [7, 11) is 2.01. The van der Waals surface area contributed by atoms with Gasteiger partial charge in [-0.05, 0) is 36.5 Å². The molecule has 6 heteroatoms. The molecule has 0 bridgehead atoms. The average Bonchev–Trinajstić information content (AvgIpc) is 2.96. The fourth-order valence-electron chi connectivity index (χ4n) is 3.37. The van der Waals surface area contributed by atoms with Crippen LogP contribution in [0, 0.1) is 0 Å². The number of hydrogen-bond acceptors (Lipinski definition) is 3. The van der Waals surface area contributed by atoms with Crippen molar-refractivity contribution in [2.75, 3.05) is 5.32 Å². The van der Waals surface area contributed by atoms with Crippen molar-refractivity contribution in [2.45, 2.75) is 64.3 Å². The normalized spacial score (nSPS) is 15.6. The summed E-state index contributed by atoms with van der Waals surface area (Å²) in [5.41, 5.74) is 3.14. The zero-order valence-corrected chi connectivity index (χ0v) is 18.0. The minimum Gasteiger partial charge on any atom is -0.326 e. The van der Waals surface area contributed by atoms with Crippen LogP contribution < -0.4 is 10.1 Å². The molecule has 1 heterocycles. The number of halogens is 1. The number of carbonyl (C=O) groups is 1. The van der Waals surface area contributed by atoms with Gasteiger partial charge in [-0.1, -0.05) is 45.2 Å². The molecular formula is C21H30ClN3OS. The Labute approximate surface area is 172 Å². The van der Waals surface area contributed by atoms with E-state index < -0.39 is 0 Å². The van der Waals surface area contributed by atoms with Crippen LogP contribution in [0.5, 0.6) is 0 Å². The van der Waals surface area contributed by atoms with Gasteiger partial charge >= 0.3 is 0 Å². The van der Waals surface area contributed by atoms with E-state index in [-0.39, 0.29) is 18.3 Å². The third-order valence-electron chi connectivity index (χ3n) is 5.09. The number of thiazole rings is 1. The zero-order chi connectivity index (χ0) is 18.5. The molecule has 1 N–H and O–H groups in total. The van der Waals surface area contributed by atoms with Gasteiger partial charge in [0.1, 0.15) is 0 Å². The number of carbonyl (C=O) groups excluding carboxylic acids is 1. The molecule has 0 spiro atoms. The van der Waals surface area contributed by atoms with Crippen molar-refractivity contribution in [3.8, 4) is 0 Å². The second-order valence-electron chi connectivity index (χ2n) is 7.49. The van der Waals surface area contributed by atoms with Crippen LogP contribution >= 0.6 is 23.7 Å². The molecule has 0 saturated heterocycles. The number of aromatic nitrogens is 1. The Hall–Kier alpha value is -1.59. The Morgan fingerprint density at radius 1 is 1.22 bits per heavy atom. The van der Waals surface area contributed by atoms with Crippen molar-refractivity contribution in [2.24, 2.45) is 12.0 Å². The van der Waals surface area contributed by atoms with Crippen molar-refractivity contribution in [1.82, 2.24) is 4.57 Å². The summed E-state index contributed by atoms with van der Waals surface area (Å²) in [6, 6.07) is 8.56. The average molecular weight is 408 g/mol. The Kier molecular flexibility index (Phi) is 8.11. The predicted molar refractivity (Wildman–Crippen MR) is 116 cm³/mol. The van der Waals surface area contributed by atoms with Crippen molar-refractivity contribution < 1.29 is 4.79 Å². The number of benzene rings is 1. The van der Waals surface area contributed by atoms with Crippen LogP contribution in [0.4, 0.5) is 5.69 Å². The van der Waals surface area contributed by atoms with Gasteiger partial charge in [-0.25, -0.2) is 0 Å². The molecule has 0 unspecified atom stereocenters. The van der Waals surface area contributed by atoms with Crippen molar-refractivity contribution >= 4 is 35.3 Å². The Balaban J connectivity index is 0.00000261. The number of hydrogen-bond donors (Lipinski definition) is 1. The van der Waals surface area contributed by atoms with E-state index in [2.05, 4.69) is 41.2 Å². The summed E-state index contributed by atoms with van der Waals surface area (Å²) in [4.78, 5) is 18.3. The standard InChI is InChI=1S/C21H29N3OS.ClH/c1-15(2)16-9-11-18(12-10-16)22-20(25)13-19-14-26-21(24(19)3)23-17-7-5-4-6-8-17;/h9-12,14-15,17H,4-8,13H2,1-3H3,(H,22,25);1H. The molecular weight excluding hydrogens is 378 g/mol. The SMILES string of the molecule is CC(C)c1ccc(NC(=O)Cc2csc(=NC3CCCCC3)n2C)cc1.Cl. The van der Waals surface area contributed by atoms with Gasteiger partial charge in [-0.15, -0.1) is 23.7 Å². The quantitative estimate of drug-likeness (QED) is 0.740. The van der Waals surface area contributed by atoms with Crippen LogP contribution in [0.2, 0.25) is 0 Å². The summed E-state index contributed by atoms with van der Waals surface area (Å²) in [6.07, 6.45) is 6.67. The minimum absolute atomic E-state index is 0. The van der Waals surface area contributed by atoms with Crippen LogP contribution in [0.1, 0.15) is 63.1 Å². The van der Waals surface area contributed by atoms with E-state index in [1.165, 1.54) is 37.7 Å². The van der Waals surface area contributed by atoms with Crippen molar-refractivity contribution in [3.63, 3.8) is 0 Å². The molecule has 3 rings (SSSR count). The molecule has 1 aromatic heterocycles. The molecule has 1 saturated carbocycles. The first-order valence-corrected chi connectivity index (χ1v) is 10.5. The van der Waals surface area contributed by atoms with E-state index in [1.807, 2.05) is 19.2 Å². The predicted octanol–water partition coefficient (Wildman–Crippen LogP) is 5.05. The lowest BCUT2D eigenvalue weighted by Gasteiger charge is -2.16. The minimum atomic E-state index is 0. The number of amides is 1. The molecule has 0 aliphatic heterocycles. The van der Waals surface area contributed by atoms with Crippen LogP contribution in [-0.4, -0.2) is 16.5 Å². The first-order chi connectivity index (χ1) is 12.5. The molecule has 4 nitrogen and oxygen atoms in total. The van der Waals surface area contributed by atoms with E-state index in [1.54, 1.807) is 11.3 Å². The van der Waals surface area contributed by atoms with E-state index in [0.717, 1.165) is 16.2 Å². The maximum Gasteiger partial charge on any atom is 0.230 e. The summed E-state index contributed by atoms with van der Waals surface area (Å²) < 4.78 is 2.07. The van der Waals surface area contributed by atoms with E-state index >= 15 is 0 Å². The van der Waals surface area contributed by atoms with Gasteiger partial charge in [0.05, 0.1) is 12.5 Å². The second-order valence-corrected chi connectivity index (χ2v) is 8.33. The first kappa shape index (κ1) is 21.7. The first-order valence-electron chi connectivity index (χ1n) is 9.60. The molecule has 1 amide bonds. The van der Waals surface area contributed by atoms with Gasteiger partial charge in [0.2, 0.25) is 5.91 Å². The summed E-state index contributed by atoms with van der Waals surface area (Å²) >= 11 is 1.64. The number of rotatable bonds is 5. The molecule has 2 aromatic rings. The van der Waals surface area contributed by atoms with Crippen LogP contribution in [0.3, 0.4) is 0 Å². The highest BCUT2D eigenvalue weighted by atomic mass is 35.5. The van der Waals surface area contributed by atoms with Gasteiger partial charge < -0.3 is 9.88 Å². The Morgan fingerprint density at radius 2 is 1.89 bits per heavy atom. The third-order valence-corrected chi connectivity index (χ3v) is 6.07. The fourth-order valence-corrected chi connectivity index (χ4v) is 4.33. The maximum atomic E-state index is 12.4. The third kappa shape index (κ3) is 5.94. The Bertz CT molecular complexity index is 802. The zero-order valence-electron chi connectivity index (χ0n) is 16.4. The fraction of sp³-hybridized carbons (Fsp3) is 0.524.